The van der Waals surface area contributed by atoms with Gasteiger partial charge in [-0.1, -0.05) is 69.6 Å². The van der Waals surface area contributed by atoms with E-state index in [1.807, 2.05) is 19.1 Å². The first-order valence-electron chi connectivity index (χ1n) is 8.27. The Hall–Kier alpha value is -0.410. The van der Waals surface area contributed by atoms with Gasteiger partial charge in [-0.3, -0.25) is 4.52 Å². The number of hydrogen-bond acceptors (Lipinski definition) is 3. The zero-order chi connectivity index (χ0) is 16.3. The first-order chi connectivity index (χ1) is 10.5. The lowest BCUT2D eigenvalue weighted by Crippen LogP contribution is -1.99. The van der Waals surface area contributed by atoms with Gasteiger partial charge >= 0.3 is 6.72 Å². The Bertz CT molecular complexity index is 448. The summed E-state index contributed by atoms with van der Waals surface area (Å²) < 4.78 is 10.8. The second kappa shape index (κ2) is 11.2. The van der Waals surface area contributed by atoms with Crippen LogP contribution in [0.5, 0.6) is 5.75 Å². The molecule has 0 saturated carbocycles. The Morgan fingerprint density at radius 2 is 1.50 bits per heavy atom. The van der Waals surface area contributed by atoms with Crippen LogP contribution in [0.25, 0.3) is 0 Å². The molecule has 0 aliphatic carbocycles. The molecule has 0 spiro atoms. The Balaban J connectivity index is 2.10. The van der Waals surface area contributed by atoms with Gasteiger partial charge in [0.2, 0.25) is 0 Å². The van der Waals surface area contributed by atoms with Gasteiger partial charge in [-0.05, 0) is 25.5 Å². The molecule has 5 heteroatoms. The van der Waals surface area contributed by atoms with Gasteiger partial charge in [0.1, 0.15) is 5.75 Å². The largest absolute Gasteiger partial charge is 0.424 e. The number of aryl methyl sites for hydroxylation is 1. The normalized spacial score (nSPS) is 13.8. The molecule has 0 saturated heterocycles. The third-order valence-corrected chi connectivity index (χ3v) is 4.98. The maximum atomic E-state index is 10.0. The van der Waals surface area contributed by atoms with E-state index >= 15 is 0 Å². The summed E-state index contributed by atoms with van der Waals surface area (Å²) in [5.74, 6) is 0.562. The van der Waals surface area contributed by atoms with Crippen LogP contribution in [-0.2, 0) is 16.3 Å². The third kappa shape index (κ3) is 9.58. The van der Waals surface area contributed by atoms with Crippen LogP contribution in [0.1, 0.15) is 63.9 Å². The monoisotopic (exact) mass is 344 g/mol. The molecule has 1 N–H and O–H groups in total. The minimum absolute atomic E-state index is 0.467. The van der Waals surface area contributed by atoms with E-state index < -0.39 is 6.72 Å². The van der Waals surface area contributed by atoms with Crippen LogP contribution in [0.4, 0.5) is 0 Å². The highest BCUT2D eigenvalue weighted by Crippen LogP contribution is 2.44. The zero-order valence-electron chi connectivity index (χ0n) is 13.8. The Labute approximate surface area is 140 Å². The fourth-order valence-electron chi connectivity index (χ4n) is 2.17. The summed E-state index contributed by atoms with van der Waals surface area (Å²) in [6, 6.07) is 7.44. The maximum Gasteiger partial charge on any atom is 0.377 e. The topological polar surface area (TPSA) is 38.7 Å². The minimum Gasteiger partial charge on any atom is -0.424 e. The van der Waals surface area contributed by atoms with Crippen LogP contribution in [0.15, 0.2) is 24.3 Å². The van der Waals surface area contributed by atoms with E-state index in [2.05, 4.69) is 6.92 Å². The van der Waals surface area contributed by atoms with Crippen molar-refractivity contribution in [1.29, 1.82) is 0 Å². The van der Waals surface area contributed by atoms with Gasteiger partial charge < -0.3 is 9.42 Å². The first-order valence-corrected chi connectivity index (χ1v) is 10.9. The Morgan fingerprint density at radius 1 is 0.955 bits per heavy atom. The lowest BCUT2D eigenvalue weighted by atomic mass is 10.1. The average Bonchev–Trinajstić information content (AvgIpc) is 2.48. The fourth-order valence-corrected chi connectivity index (χ4v) is 3.46. The molecule has 1 aromatic carbocycles. The molecule has 1 atom stereocenters. The molecule has 0 aliphatic heterocycles. The second-order valence-corrected chi connectivity index (χ2v) is 8.44. The van der Waals surface area contributed by atoms with Gasteiger partial charge in [0.05, 0.1) is 6.61 Å². The van der Waals surface area contributed by atoms with Gasteiger partial charge in [0.25, 0.3) is 0 Å². The van der Waals surface area contributed by atoms with Crippen molar-refractivity contribution in [2.24, 2.45) is 0 Å². The molecule has 0 aliphatic rings. The van der Waals surface area contributed by atoms with Crippen LogP contribution in [-0.4, -0.2) is 11.5 Å². The molecule has 0 radical (unpaired) electrons. The summed E-state index contributed by atoms with van der Waals surface area (Å²) >= 11 is 5.03. The van der Waals surface area contributed by atoms with Crippen molar-refractivity contribution in [1.82, 2.24) is 0 Å². The van der Waals surface area contributed by atoms with Crippen molar-refractivity contribution in [3.8, 4) is 5.75 Å². The van der Waals surface area contributed by atoms with Crippen LogP contribution >= 0.6 is 6.72 Å². The molecule has 0 bridgehead atoms. The highest BCUT2D eigenvalue weighted by molar-refractivity contribution is 8.07. The Morgan fingerprint density at radius 3 is 2.09 bits per heavy atom. The summed E-state index contributed by atoms with van der Waals surface area (Å²) in [6.07, 6.45) is 9.84. The lowest BCUT2D eigenvalue weighted by molar-refractivity contribution is 0.250. The summed E-state index contributed by atoms with van der Waals surface area (Å²) in [7, 11) is 0. The molecule has 22 heavy (non-hydrogen) atoms. The van der Waals surface area contributed by atoms with Crippen LogP contribution in [0.3, 0.4) is 0 Å². The smallest absolute Gasteiger partial charge is 0.377 e. The van der Waals surface area contributed by atoms with Crippen molar-refractivity contribution in [2.45, 2.75) is 65.2 Å². The highest BCUT2D eigenvalue weighted by atomic mass is 32.5. The second-order valence-electron chi connectivity index (χ2n) is 5.68. The number of unbranched alkanes of at least 4 members (excludes halogenated alkanes) is 7. The number of rotatable bonds is 12. The van der Waals surface area contributed by atoms with Gasteiger partial charge in [0, 0.05) is 11.8 Å². The SMILES string of the molecule is CCCCCCCCCCOP(O)(=S)Oc1ccc(C)cc1. The summed E-state index contributed by atoms with van der Waals surface area (Å²) in [5, 5.41) is 0. The van der Waals surface area contributed by atoms with Crippen LogP contribution in [0.2, 0.25) is 0 Å². The summed E-state index contributed by atoms with van der Waals surface area (Å²) in [4.78, 5) is 10.0. The standard InChI is InChI=1S/C17H29O3PS/c1-3-4-5-6-7-8-9-10-15-19-21(18,22)20-17-13-11-16(2)12-14-17/h11-14H,3-10,15H2,1-2H3,(H,18,22). The van der Waals surface area contributed by atoms with Gasteiger partial charge in [-0.2, -0.15) is 0 Å². The van der Waals surface area contributed by atoms with Crippen molar-refractivity contribution < 1.29 is 13.9 Å². The maximum absolute atomic E-state index is 10.0. The summed E-state index contributed by atoms with van der Waals surface area (Å²) in [5.41, 5.74) is 1.14. The molecule has 1 unspecified atom stereocenters. The molecule has 0 fully saturated rings. The number of benzene rings is 1. The molecule has 3 nitrogen and oxygen atoms in total. The number of hydrogen-bond donors (Lipinski definition) is 1. The van der Waals surface area contributed by atoms with Crippen LogP contribution < -0.4 is 4.52 Å². The predicted molar refractivity (Wildman–Crippen MR) is 96.9 cm³/mol. The third-order valence-electron chi connectivity index (χ3n) is 3.49. The molecular formula is C17H29O3PS. The van der Waals surface area contributed by atoms with Gasteiger partial charge in [-0.25, -0.2) is 0 Å². The van der Waals surface area contributed by atoms with Crippen molar-refractivity contribution in [3.63, 3.8) is 0 Å². The van der Waals surface area contributed by atoms with E-state index in [0.717, 1.165) is 18.4 Å². The molecule has 1 aromatic rings. The minimum atomic E-state index is -3.17. The van der Waals surface area contributed by atoms with Gasteiger partial charge in [-0.15, -0.1) is 0 Å². The highest BCUT2D eigenvalue weighted by Gasteiger charge is 2.16. The van der Waals surface area contributed by atoms with Gasteiger partial charge in [0.15, 0.2) is 0 Å². The molecule has 0 heterocycles. The van der Waals surface area contributed by atoms with E-state index in [9.17, 15) is 4.89 Å². The fraction of sp³-hybridized carbons (Fsp3) is 0.647. The average molecular weight is 344 g/mol. The predicted octanol–water partition coefficient (Wildman–Crippen LogP) is 5.75. The van der Waals surface area contributed by atoms with E-state index in [0.29, 0.717) is 12.4 Å². The van der Waals surface area contributed by atoms with Crippen molar-refractivity contribution in [3.05, 3.63) is 29.8 Å². The quantitative estimate of drug-likeness (QED) is 0.387. The van der Waals surface area contributed by atoms with Crippen molar-refractivity contribution in [2.75, 3.05) is 6.61 Å². The summed E-state index contributed by atoms with van der Waals surface area (Å²) in [6.45, 7) is 1.53. The first kappa shape index (κ1) is 19.6. The lowest BCUT2D eigenvalue weighted by Gasteiger charge is -2.16. The van der Waals surface area contributed by atoms with E-state index in [4.69, 9.17) is 20.9 Å². The zero-order valence-corrected chi connectivity index (χ0v) is 15.5. The van der Waals surface area contributed by atoms with E-state index in [1.165, 1.54) is 38.5 Å². The van der Waals surface area contributed by atoms with E-state index in [1.54, 1.807) is 12.1 Å². The molecule has 126 valence electrons. The van der Waals surface area contributed by atoms with Crippen LogP contribution in [0, 0.1) is 6.92 Å². The Kier molecular flexibility index (Phi) is 9.98. The molecule has 0 aromatic heterocycles. The molecular weight excluding hydrogens is 315 g/mol. The molecule has 0 amide bonds. The van der Waals surface area contributed by atoms with Crippen molar-refractivity contribution >= 4 is 18.5 Å². The van der Waals surface area contributed by atoms with E-state index in [-0.39, 0.29) is 0 Å². The molecule has 1 rings (SSSR count).